The van der Waals surface area contributed by atoms with Gasteiger partial charge in [-0.1, -0.05) is 13.0 Å². The molecule has 13 heteroatoms. The van der Waals surface area contributed by atoms with Crippen molar-refractivity contribution in [3.05, 3.63) is 41.7 Å². The van der Waals surface area contributed by atoms with Gasteiger partial charge >= 0.3 is 6.09 Å². The number of carbonyl (C=O) groups excluding carboxylic acids is 1. The lowest BCUT2D eigenvalue weighted by Gasteiger charge is -2.35. The SMILES string of the molecule is CCN1CCN(c2ccc(C)c(NC(=O)ON3CCc4c(-c5cnc(N)nc5)nc(N5CCOCC5)nc43)c2)CC1. The van der Waals surface area contributed by atoms with Gasteiger partial charge in [0, 0.05) is 74.2 Å². The number of anilines is 5. The fraction of sp³-hybridized carbons (Fsp3) is 0.464. The molecule has 0 bridgehead atoms. The van der Waals surface area contributed by atoms with Crippen LogP contribution in [-0.2, 0) is 16.0 Å². The highest BCUT2D eigenvalue weighted by molar-refractivity contribution is 5.87. The molecule has 2 fully saturated rings. The number of aromatic nitrogens is 4. The molecule has 0 radical (unpaired) electrons. The predicted molar refractivity (Wildman–Crippen MR) is 157 cm³/mol. The van der Waals surface area contributed by atoms with Crippen molar-refractivity contribution in [3.63, 3.8) is 0 Å². The molecule has 5 heterocycles. The second-order valence-electron chi connectivity index (χ2n) is 10.4. The molecule has 6 rings (SSSR count). The fourth-order valence-corrected chi connectivity index (χ4v) is 5.41. The Hall–Kier alpha value is -4.23. The summed E-state index contributed by atoms with van der Waals surface area (Å²) in [5.74, 6) is 1.29. The highest BCUT2D eigenvalue weighted by Crippen LogP contribution is 2.36. The van der Waals surface area contributed by atoms with E-state index < -0.39 is 6.09 Å². The second-order valence-corrected chi connectivity index (χ2v) is 10.4. The van der Waals surface area contributed by atoms with Crippen molar-refractivity contribution in [3.8, 4) is 11.3 Å². The Bertz CT molecular complexity index is 1390. The molecule has 2 aromatic heterocycles. The number of likely N-dealkylation sites (N-methyl/N-ethyl adjacent to an activating group) is 1. The predicted octanol–water partition coefficient (Wildman–Crippen LogP) is 2.33. The van der Waals surface area contributed by atoms with Crippen LogP contribution in [0.15, 0.2) is 30.6 Å². The van der Waals surface area contributed by atoms with Gasteiger partial charge in [-0.15, -0.1) is 0 Å². The molecule has 0 spiro atoms. The number of piperazine rings is 1. The largest absolute Gasteiger partial charge is 0.436 e. The van der Waals surface area contributed by atoms with Gasteiger partial charge in [0.05, 0.1) is 25.5 Å². The number of carbonyl (C=O) groups is 1. The molecule has 0 saturated carbocycles. The minimum Gasteiger partial charge on any atom is -0.378 e. The summed E-state index contributed by atoms with van der Waals surface area (Å²) in [5, 5.41) is 4.50. The van der Waals surface area contributed by atoms with Gasteiger partial charge in [0.2, 0.25) is 11.9 Å². The van der Waals surface area contributed by atoms with Crippen LogP contribution >= 0.6 is 0 Å². The Morgan fingerprint density at radius 3 is 2.51 bits per heavy atom. The fourth-order valence-electron chi connectivity index (χ4n) is 5.41. The summed E-state index contributed by atoms with van der Waals surface area (Å²) in [4.78, 5) is 43.9. The maximum Gasteiger partial charge on any atom is 0.436 e. The molecular formula is C28H36N10O3. The molecule has 3 aliphatic heterocycles. The number of hydrogen-bond donors (Lipinski definition) is 2. The number of hydrogen-bond acceptors (Lipinski definition) is 12. The summed E-state index contributed by atoms with van der Waals surface area (Å²) >= 11 is 0. The van der Waals surface area contributed by atoms with Crippen molar-refractivity contribution in [2.24, 2.45) is 0 Å². The molecule has 216 valence electrons. The van der Waals surface area contributed by atoms with Gasteiger partial charge in [-0.25, -0.2) is 19.7 Å². The first-order valence-corrected chi connectivity index (χ1v) is 14.1. The summed E-state index contributed by atoms with van der Waals surface area (Å²) in [7, 11) is 0. The zero-order valence-electron chi connectivity index (χ0n) is 23.5. The number of amides is 1. The van der Waals surface area contributed by atoms with Crippen LogP contribution in [0.1, 0.15) is 18.1 Å². The number of nitrogens with zero attached hydrogens (tertiary/aromatic N) is 8. The third-order valence-corrected chi connectivity index (χ3v) is 7.85. The van der Waals surface area contributed by atoms with Gasteiger partial charge in [0.25, 0.3) is 0 Å². The molecule has 1 aromatic carbocycles. The molecule has 41 heavy (non-hydrogen) atoms. The number of benzene rings is 1. The molecule has 3 aromatic rings. The van der Waals surface area contributed by atoms with Crippen molar-refractivity contribution >= 4 is 35.2 Å². The summed E-state index contributed by atoms with van der Waals surface area (Å²) in [6.45, 7) is 12.2. The molecule has 1 amide bonds. The first kappa shape index (κ1) is 27.0. The van der Waals surface area contributed by atoms with Crippen LogP contribution in [0, 0.1) is 6.92 Å². The number of morpholine rings is 1. The van der Waals surface area contributed by atoms with Crippen LogP contribution in [0.2, 0.25) is 0 Å². The van der Waals surface area contributed by atoms with E-state index in [0.29, 0.717) is 56.7 Å². The van der Waals surface area contributed by atoms with Gasteiger partial charge in [0.15, 0.2) is 5.82 Å². The molecule has 2 saturated heterocycles. The van der Waals surface area contributed by atoms with Crippen molar-refractivity contribution in [2.45, 2.75) is 20.3 Å². The Balaban J connectivity index is 1.22. The zero-order chi connectivity index (χ0) is 28.3. The van der Waals surface area contributed by atoms with Crippen LogP contribution in [-0.4, -0.2) is 96.5 Å². The average molecular weight is 561 g/mol. The highest BCUT2D eigenvalue weighted by atomic mass is 16.7. The third kappa shape index (κ3) is 5.81. The Labute approximate surface area is 239 Å². The number of ether oxygens (including phenoxy) is 1. The lowest BCUT2D eigenvalue weighted by molar-refractivity contribution is 0.122. The Morgan fingerprint density at radius 2 is 1.78 bits per heavy atom. The molecular weight excluding hydrogens is 524 g/mol. The normalized spacial score (nSPS) is 17.5. The Kier molecular flexibility index (Phi) is 7.70. The van der Waals surface area contributed by atoms with Crippen LogP contribution in [0.4, 0.5) is 33.9 Å². The standard InChI is InChI=1S/C28H36N10O3/c1-3-35-8-10-36(11-9-35)21-5-4-19(2)23(16-21)32-28(39)41-38-7-6-22-24(20-17-30-26(29)31-18-20)33-27(34-25(22)38)37-12-14-40-15-13-37/h4-5,16-18H,3,6-15H2,1-2H3,(H,32,39)(H2,29,30,31). The van der Waals surface area contributed by atoms with Crippen molar-refractivity contribution in [1.29, 1.82) is 0 Å². The van der Waals surface area contributed by atoms with E-state index >= 15 is 0 Å². The van der Waals surface area contributed by atoms with Crippen molar-refractivity contribution in [2.75, 3.05) is 91.5 Å². The minimum atomic E-state index is -0.571. The van der Waals surface area contributed by atoms with E-state index in [0.717, 1.165) is 60.8 Å². The molecule has 13 nitrogen and oxygen atoms in total. The van der Waals surface area contributed by atoms with Crippen LogP contribution in [0.3, 0.4) is 0 Å². The van der Waals surface area contributed by atoms with Gasteiger partial charge in [-0.05, 0) is 37.6 Å². The van der Waals surface area contributed by atoms with E-state index in [-0.39, 0.29) is 5.95 Å². The minimum absolute atomic E-state index is 0.192. The number of hydroxylamine groups is 1. The van der Waals surface area contributed by atoms with E-state index in [4.69, 9.17) is 25.3 Å². The van der Waals surface area contributed by atoms with Crippen LogP contribution in [0.5, 0.6) is 0 Å². The number of aryl methyl sites for hydroxylation is 1. The van der Waals surface area contributed by atoms with Crippen LogP contribution < -0.4 is 25.9 Å². The molecule has 3 aliphatic rings. The first-order chi connectivity index (χ1) is 20.0. The number of nitrogen functional groups attached to an aromatic ring is 1. The Morgan fingerprint density at radius 1 is 1.02 bits per heavy atom. The maximum absolute atomic E-state index is 13.2. The summed E-state index contributed by atoms with van der Waals surface area (Å²) in [5.41, 5.74) is 10.8. The van der Waals surface area contributed by atoms with E-state index in [1.807, 2.05) is 19.1 Å². The summed E-state index contributed by atoms with van der Waals surface area (Å²) in [6.07, 6.45) is 3.34. The number of nitrogens with one attached hydrogen (secondary N) is 1. The first-order valence-electron chi connectivity index (χ1n) is 14.1. The molecule has 0 atom stereocenters. The zero-order valence-corrected chi connectivity index (χ0v) is 23.5. The molecule has 3 N–H and O–H groups in total. The van der Waals surface area contributed by atoms with Gasteiger partial charge in [0.1, 0.15) is 0 Å². The maximum atomic E-state index is 13.2. The lowest BCUT2D eigenvalue weighted by atomic mass is 10.1. The quantitative estimate of drug-likeness (QED) is 0.458. The average Bonchev–Trinajstić information content (AvgIpc) is 3.41. The summed E-state index contributed by atoms with van der Waals surface area (Å²) in [6, 6.07) is 6.16. The highest BCUT2D eigenvalue weighted by Gasteiger charge is 2.31. The van der Waals surface area contributed by atoms with E-state index in [2.05, 4.69) is 43.0 Å². The van der Waals surface area contributed by atoms with E-state index in [1.165, 1.54) is 0 Å². The van der Waals surface area contributed by atoms with Gasteiger partial charge < -0.3 is 30.0 Å². The van der Waals surface area contributed by atoms with Crippen molar-refractivity contribution in [1.82, 2.24) is 24.8 Å². The summed E-state index contributed by atoms with van der Waals surface area (Å²) < 4.78 is 5.51. The van der Waals surface area contributed by atoms with Gasteiger partial charge in [-0.2, -0.15) is 10.0 Å². The topological polar surface area (TPSA) is 138 Å². The molecule has 0 unspecified atom stereocenters. The van der Waals surface area contributed by atoms with E-state index in [9.17, 15) is 4.79 Å². The number of nitrogens with two attached hydrogens (primary N) is 1. The monoisotopic (exact) mass is 560 g/mol. The lowest BCUT2D eigenvalue weighted by Crippen LogP contribution is -2.46. The van der Waals surface area contributed by atoms with Crippen molar-refractivity contribution < 1.29 is 14.4 Å². The smallest absolute Gasteiger partial charge is 0.378 e. The van der Waals surface area contributed by atoms with Crippen LogP contribution in [0.25, 0.3) is 11.3 Å². The van der Waals surface area contributed by atoms with Gasteiger partial charge in [-0.3, -0.25) is 5.32 Å². The molecule has 0 aliphatic carbocycles. The number of fused-ring (bicyclic) bond motifs is 1. The van der Waals surface area contributed by atoms with E-state index in [1.54, 1.807) is 17.5 Å². The second kappa shape index (κ2) is 11.7. The number of rotatable bonds is 6. The third-order valence-electron chi connectivity index (χ3n) is 7.85.